The average molecular weight is 259 g/mol. The highest BCUT2D eigenvalue weighted by Crippen LogP contribution is 2.36. The number of carbonyl (C=O) groups excluding carboxylic acids is 1. The van der Waals surface area contributed by atoms with Gasteiger partial charge in [-0.1, -0.05) is 6.92 Å². The summed E-state index contributed by atoms with van der Waals surface area (Å²) in [4.78, 5) is 24.8. The van der Waals surface area contributed by atoms with Gasteiger partial charge in [0, 0.05) is 18.8 Å². The van der Waals surface area contributed by atoms with Crippen LogP contribution in [0.25, 0.3) is 0 Å². The molecule has 0 heterocycles. The molecule has 0 spiro atoms. The van der Waals surface area contributed by atoms with E-state index in [1.165, 1.54) is 0 Å². The molecule has 0 bridgehead atoms. The molecule has 1 aliphatic rings. The molecule has 98 valence electrons. The summed E-state index contributed by atoms with van der Waals surface area (Å²) >= 11 is 1.71. The van der Waals surface area contributed by atoms with Crippen LogP contribution in [0.1, 0.15) is 26.2 Å². The average Bonchev–Trinajstić information content (AvgIpc) is 2.22. The fraction of sp³-hybridized carbons (Fsp3) is 0.833. The van der Waals surface area contributed by atoms with E-state index in [1.807, 2.05) is 6.26 Å². The van der Waals surface area contributed by atoms with Gasteiger partial charge in [0.25, 0.3) is 0 Å². The predicted molar refractivity (Wildman–Crippen MR) is 69.1 cm³/mol. The summed E-state index contributed by atoms with van der Waals surface area (Å²) < 4.78 is 0. The van der Waals surface area contributed by atoms with Gasteiger partial charge in [-0.05, 0) is 25.5 Å². The number of amides is 1. The number of carboxylic acid groups (broad SMARTS) is 1. The van der Waals surface area contributed by atoms with Gasteiger partial charge in [-0.3, -0.25) is 9.59 Å². The van der Waals surface area contributed by atoms with Crippen LogP contribution in [-0.4, -0.2) is 47.0 Å². The number of hydrogen-bond acceptors (Lipinski definition) is 3. The third kappa shape index (κ3) is 3.15. The third-order valence-corrected chi connectivity index (χ3v) is 4.35. The van der Waals surface area contributed by atoms with E-state index in [-0.39, 0.29) is 17.9 Å². The first-order valence-electron chi connectivity index (χ1n) is 6.01. The SMILES string of the molecule is CCC(CSC)N(C)C(=O)C1CCC1C(=O)O. The molecule has 0 aliphatic heterocycles. The van der Waals surface area contributed by atoms with Crippen LogP contribution in [0.15, 0.2) is 0 Å². The van der Waals surface area contributed by atoms with Crippen molar-refractivity contribution in [2.24, 2.45) is 11.8 Å². The second kappa shape index (κ2) is 6.28. The van der Waals surface area contributed by atoms with Crippen LogP contribution >= 0.6 is 11.8 Å². The number of thioether (sulfide) groups is 1. The van der Waals surface area contributed by atoms with Gasteiger partial charge in [-0.25, -0.2) is 0 Å². The highest BCUT2D eigenvalue weighted by atomic mass is 32.2. The Labute approximate surface area is 107 Å². The van der Waals surface area contributed by atoms with Crippen molar-refractivity contribution < 1.29 is 14.7 Å². The van der Waals surface area contributed by atoms with E-state index in [1.54, 1.807) is 23.7 Å². The maximum Gasteiger partial charge on any atom is 0.307 e. The Morgan fingerprint density at radius 1 is 1.41 bits per heavy atom. The van der Waals surface area contributed by atoms with Gasteiger partial charge in [0.1, 0.15) is 0 Å². The summed E-state index contributed by atoms with van der Waals surface area (Å²) in [5.74, 6) is -0.681. The third-order valence-electron chi connectivity index (χ3n) is 3.63. The van der Waals surface area contributed by atoms with Crippen LogP contribution in [0.2, 0.25) is 0 Å². The molecule has 0 aromatic heterocycles. The van der Waals surface area contributed by atoms with Crippen molar-refractivity contribution in [3.05, 3.63) is 0 Å². The van der Waals surface area contributed by atoms with Crippen LogP contribution < -0.4 is 0 Å². The van der Waals surface area contributed by atoms with Crippen LogP contribution in [0, 0.1) is 11.8 Å². The number of carboxylic acids is 1. The van der Waals surface area contributed by atoms with Crippen molar-refractivity contribution in [2.45, 2.75) is 32.2 Å². The molecule has 0 radical (unpaired) electrons. The highest BCUT2D eigenvalue weighted by molar-refractivity contribution is 7.98. The molecule has 0 aromatic rings. The lowest BCUT2D eigenvalue weighted by Gasteiger charge is -2.37. The molecule has 1 saturated carbocycles. The summed E-state index contributed by atoms with van der Waals surface area (Å²) in [6, 6.07) is 0.215. The first kappa shape index (κ1) is 14.4. The molecule has 1 amide bonds. The first-order chi connectivity index (χ1) is 8.02. The molecule has 5 heteroatoms. The Morgan fingerprint density at radius 3 is 2.35 bits per heavy atom. The lowest BCUT2D eigenvalue weighted by atomic mass is 9.73. The monoisotopic (exact) mass is 259 g/mol. The minimum atomic E-state index is -0.832. The Kier molecular flexibility index (Phi) is 5.31. The number of nitrogens with zero attached hydrogens (tertiary/aromatic N) is 1. The molecule has 17 heavy (non-hydrogen) atoms. The van der Waals surface area contributed by atoms with Gasteiger partial charge >= 0.3 is 5.97 Å². The zero-order valence-electron chi connectivity index (χ0n) is 10.7. The van der Waals surface area contributed by atoms with E-state index in [0.29, 0.717) is 6.42 Å². The van der Waals surface area contributed by atoms with Gasteiger partial charge in [0.15, 0.2) is 0 Å². The molecule has 1 fully saturated rings. The Bertz CT molecular complexity index is 295. The fourth-order valence-electron chi connectivity index (χ4n) is 2.23. The van der Waals surface area contributed by atoms with Crippen LogP contribution in [0.4, 0.5) is 0 Å². The second-order valence-electron chi connectivity index (χ2n) is 4.60. The Morgan fingerprint density at radius 2 is 2.00 bits per heavy atom. The molecule has 0 saturated heterocycles. The number of carbonyl (C=O) groups is 2. The van der Waals surface area contributed by atoms with E-state index in [9.17, 15) is 9.59 Å². The van der Waals surface area contributed by atoms with E-state index >= 15 is 0 Å². The number of hydrogen-bond donors (Lipinski definition) is 1. The van der Waals surface area contributed by atoms with Crippen molar-refractivity contribution in [1.29, 1.82) is 0 Å². The molecule has 3 atom stereocenters. The molecular formula is C12H21NO3S. The largest absolute Gasteiger partial charge is 0.481 e. The highest BCUT2D eigenvalue weighted by Gasteiger charge is 2.43. The number of rotatable bonds is 6. The van der Waals surface area contributed by atoms with E-state index in [2.05, 4.69) is 6.92 Å². The zero-order chi connectivity index (χ0) is 13.0. The number of aliphatic carboxylic acids is 1. The fourth-order valence-corrected chi connectivity index (χ4v) is 3.07. The molecule has 1 aliphatic carbocycles. The zero-order valence-corrected chi connectivity index (χ0v) is 11.5. The second-order valence-corrected chi connectivity index (χ2v) is 5.51. The van der Waals surface area contributed by atoms with Crippen molar-refractivity contribution in [3.63, 3.8) is 0 Å². The van der Waals surface area contributed by atoms with Crippen molar-refractivity contribution in [2.75, 3.05) is 19.1 Å². The van der Waals surface area contributed by atoms with Crippen LogP contribution in [0.5, 0.6) is 0 Å². The van der Waals surface area contributed by atoms with Crippen molar-refractivity contribution in [3.8, 4) is 0 Å². The Hall–Kier alpha value is -0.710. The lowest BCUT2D eigenvalue weighted by Crippen LogP contribution is -2.48. The van der Waals surface area contributed by atoms with Gasteiger partial charge in [0.2, 0.25) is 5.91 Å². The minimum absolute atomic E-state index is 0.00421. The lowest BCUT2D eigenvalue weighted by molar-refractivity contribution is -0.156. The first-order valence-corrected chi connectivity index (χ1v) is 7.40. The molecule has 0 aromatic carbocycles. The standard InChI is InChI=1S/C12H21NO3S/c1-4-8(7-17-3)13(2)11(14)9-5-6-10(9)12(15)16/h8-10H,4-7H2,1-3H3,(H,15,16). The molecule has 3 unspecified atom stereocenters. The van der Waals surface area contributed by atoms with Crippen LogP contribution in [-0.2, 0) is 9.59 Å². The molecule has 1 N–H and O–H groups in total. The smallest absolute Gasteiger partial charge is 0.307 e. The van der Waals surface area contributed by atoms with Gasteiger partial charge in [-0.2, -0.15) is 11.8 Å². The van der Waals surface area contributed by atoms with Gasteiger partial charge < -0.3 is 10.0 Å². The summed E-state index contributed by atoms with van der Waals surface area (Å²) in [7, 11) is 1.80. The van der Waals surface area contributed by atoms with Gasteiger partial charge in [0.05, 0.1) is 11.8 Å². The molecular weight excluding hydrogens is 238 g/mol. The van der Waals surface area contributed by atoms with Crippen LogP contribution in [0.3, 0.4) is 0 Å². The van der Waals surface area contributed by atoms with Crippen molar-refractivity contribution in [1.82, 2.24) is 4.90 Å². The molecule has 1 rings (SSSR count). The van der Waals surface area contributed by atoms with E-state index in [0.717, 1.165) is 18.6 Å². The summed E-state index contributed by atoms with van der Waals surface area (Å²) in [5, 5.41) is 8.96. The summed E-state index contributed by atoms with van der Waals surface area (Å²) in [6.45, 7) is 2.06. The van der Waals surface area contributed by atoms with E-state index < -0.39 is 11.9 Å². The van der Waals surface area contributed by atoms with Gasteiger partial charge in [-0.15, -0.1) is 0 Å². The molecule has 4 nitrogen and oxygen atoms in total. The topological polar surface area (TPSA) is 57.6 Å². The normalized spacial score (nSPS) is 24.9. The predicted octanol–water partition coefficient (Wildman–Crippen LogP) is 1.70. The Balaban J connectivity index is 2.59. The summed E-state index contributed by atoms with van der Waals surface area (Å²) in [5.41, 5.74) is 0. The minimum Gasteiger partial charge on any atom is -0.481 e. The van der Waals surface area contributed by atoms with E-state index in [4.69, 9.17) is 5.11 Å². The maximum atomic E-state index is 12.2. The van der Waals surface area contributed by atoms with Crippen molar-refractivity contribution >= 4 is 23.6 Å². The quantitative estimate of drug-likeness (QED) is 0.788. The maximum absolute atomic E-state index is 12.2. The summed E-state index contributed by atoms with van der Waals surface area (Å²) in [6.07, 6.45) is 4.28.